The van der Waals surface area contributed by atoms with E-state index >= 15 is 0 Å². The van der Waals surface area contributed by atoms with E-state index in [2.05, 4.69) is 24.5 Å². The highest BCUT2D eigenvalue weighted by Crippen LogP contribution is 2.61. The number of hydrogen-bond donors (Lipinski definition) is 3. The quantitative estimate of drug-likeness (QED) is 0.539. The van der Waals surface area contributed by atoms with Gasteiger partial charge in [-0.1, -0.05) is 13.8 Å². The molecule has 2 bridgehead atoms. The summed E-state index contributed by atoms with van der Waals surface area (Å²) in [6.45, 7) is 9.75. The Bertz CT molecular complexity index is 278. The molecule has 3 aliphatic carbocycles. The average molecular weight is 282 g/mol. The summed E-state index contributed by atoms with van der Waals surface area (Å²) in [5.41, 5.74) is 0.621. The molecule has 0 aromatic carbocycles. The van der Waals surface area contributed by atoms with Crippen LogP contribution in [0.1, 0.15) is 52.4 Å². The summed E-state index contributed by atoms with van der Waals surface area (Å²) in [5.74, 6) is 2.91. The molecule has 3 N–H and O–H groups in total. The van der Waals surface area contributed by atoms with Crippen molar-refractivity contribution in [3.8, 4) is 0 Å². The molecular formula is C17H34N2O. The second-order valence-electron chi connectivity index (χ2n) is 7.44. The maximum Gasteiger partial charge on any atom is 0.0431 e. The molecule has 0 radical (unpaired) electrons. The summed E-state index contributed by atoms with van der Waals surface area (Å²) in [6.07, 6.45) is 7.65. The maximum absolute atomic E-state index is 8.69. The van der Waals surface area contributed by atoms with E-state index < -0.39 is 0 Å². The van der Waals surface area contributed by atoms with E-state index in [0.29, 0.717) is 12.0 Å². The van der Waals surface area contributed by atoms with Crippen molar-refractivity contribution in [3.05, 3.63) is 0 Å². The molecule has 3 nitrogen and oxygen atoms in total. The topological polar surface area (TPSA) is 44.3 Å². The second kappa shape index (κ2) is 7.77. The van der Waals surface area contributed by atoms with Gasteiger partial charge in [0.15, 0.2) is 0 Å². The highest BCUT2D eigenvalue weighted by molar-refractivity contribution is 5.03. The Morgan fingerprint density at radius 1 is 1.00 bits per heavy atom. The van der Waals surface area contributed by atoms with Crippen LogP contribution in [0.2, 0.25) is 0 Å². The molecule has 3 saturated carbocycles. The van der Waals surface area contributed by atoms with Gasteiger partial charge in [-0.05, 0) is 74.8 Å². The van der Waals surface area contributed by atoms with Crippen molar-refractivity contribution in [1.82, 2.24) is 10.6 Å². The van der Waals surface area contributed by atoms with Crippen LogP contribution in [0.3, 0.4) is 0 Å². The summed E-state index contributed by atoms with van der Waals surface area (Å²) in [6, 6.07) is 0. The zero-order valence-corrected chi connectivity index (χ0v) is 13.5. The van der Waals surface area contributed by atoms with Gasteiger partial charge in [0.2, 0.25) is 0 Å². The molecule has 3 aliphatic rings. The predicted molar refractivity (Wildman–Crippen MR) is 84.8 cm³/mol. The van der Waals surface area contributed by atoms with Crippen LogP contribution in [0.5, 0.6) is 0 Å². The molecule has 3 fully saturated rings. The van der Waals surface area contributed by atoms with Gasteiger partial charge in [0, 0.05) is 19.7 Å². The van der Waals surface area contributed by atoms with E-state index in [1.165, 1.54) is 32.2 Å². The summed E-state index contributed by atoms with van der Waals surface area (Å²) in [5, 5.41) is 15.8. The van der Waals surface area contributed by atoms with E-state index in [9.17, 15) is 0 Å². The fourth-order valence-corrected chi connectivity index (χ4v) is 4.33. The zero-order valence-electron chi connectivity index (χ0n) is 13.5. The minimum absolute atomic E-state index is 0.335. The summed E-state index contributed by atoms with van der Waals surface area (Å²) in [4.78, 5) is 0. The van der Waals surface area contributed by atoms with Gasteiger partial charge >= 0.3 is 0 Å². The second-order valence-corrected chi connectivity index (χ2v) is 7.44. The van der Waals surface area contributed by atoms with Crippen LogP contribution in [0.4, 0.5) is 0 Å². The fraction of sp³-hybridized carbons (Fsp3) is 1.00. The standard InChI is InChI=1S/C17H34N2O/c1-17(2)15-7-6-14(16(17)12-15)13-19-10-9-18-8-4-3-5-11-20/h14-16,18-20H,3-13H2,1-2H3/t14-,15-,16-/m0/s1. The van der Waals surface area contributed by atoms with Crippen LogP contribution in [-0.4, -0.2) is 37.9 Å². The molecule has 118 valence electrons. The Morgan fingerprint density at radius 2 is 1.80 bits per heavy atom. The van der Waals surface area contributed by atoms with Gasteiger partial charge in [0.1, 0.15) is 0 Å². The van der Waals surface area contributed by atoms with Gasteiger partial charge in [0.25, 0.3) is 0 Å². The van der Waals surface area contributed by atoms with Crippen molar-refractivity contribution in [2.75, 3.05) is 32.8 Å². The zero-order chi connectivity index (χ0) is 14.4. The molecular weight excluding hydrogens is 248 g/mol. The molecule has 0 amide bonds. The minimum atomic E-state index is 0.335. The maximum atomic E-state index is 8.69. The highest BCUT2D eigenvalue weighted by Gasteiger charge is 2.53. The van der Waals surface area contributed by atoms with Crippen LogP contribution in [0.15, 0.2) is 0 Å². The van der Waals surface area contributed by atoms with Crippen LogP contribution < -0.4 is 10.6 Å². The smallest absolute Gasteiger partial charge is 0.0431 e. The molecule has 0 spiro atoms. The third-order valence-corrected chi connectivity index (χ3v) is 5.90. The van der Waals surface area contributed by atoms with Gasteiger partial charge < -0.3 is 15.7 Å². The third kappa shape index (κ3) is 3.96. The van der Waals surface area contributed by atoms with Gasteiger partial charge in [-0.3, -0.25) is 0 Å². The fourth-order valence-electron chi connectivity index (χ4n) is 4.33. The number of unbranched alkanes of at least 4 members (excludes halogenated alkanes) is 2. The normalized spacial score (nSPS) is 31.1. The van der Waals surface area contributed by atoms with E-state index in [1.54, 1.807) is 0 Å². The van der Waals surface area contributed by atoms with Gasteiger partial charge in [-0.15, -0.1) is 0 Å². The van der Waals surface area contributed by atoms with Crippen molar-refractivity contribution in [1.29, 1.82) is 0 Å². The van der Waals surface area contributed by atoms with Crippen LogP contribution in [0.25, 0.3) is 0 Å². The van der Waals surface area contributed by atoms with Crippen molar-refractivity contribution in [3.63, 3.8) is 0 Å². The van der Waals surface area contributed by atoms with E-state index in [4.69, 9.17) is 5.11 Å². The number of rotatable bonds is 10. The van der Waals surface area contributed by atoms with Crippen LogP contribution in [-0.2, 0) is 0 Å². The lowest BCUT2D eigenvalue weighted by Crippen LogP contribution is -2.54. The van der Waals surface area contributed by atoms with Gasteiger partial charge in [0.05, 0.1) is 0 Å². The molecule has 0 unspecified atom stereocenters. The van der Waals surface area contributed by atoms with E-state index in [0.717, 1.165) is 50.2 Å². The lowest BCUT2D eigenvalue weighted by Gasteiger charge is -2.60. The molecule has 20 heavy (non-hydrogen) atoms. The highest BCUT2D eigenvalue weighted by atomic mass is 16.2. The minimum Gasteiger partial charge on any atom is -0.396 e. The Morgan fingerprint density at radius 3 is 2.50 bits per heavy atom. The number of fused-ring (bicyclic) bond motifs is 2. The van der Waals surface area contributed by atoms with Crippen molar-refractivity contribution >= 4 is 0 Å². The molecule has 3 heteroatoms. The summed E-state index contributed by atoms with van der Waals surface area (Å²) < 4.78 is 0. The van der Waals surface area contributed by atoms with E-state index in [1.807, 2.05) is 0 Å². The van der Waals surface area contributed by atoms with E-state index in [-0.39, 0.29) is 0 Å². The Kier molecular flexibility index (Phi) is 6.31. The first-order valence-corrected chi connectivity index (χ1v) is 8.68. The van der Waals surface area contributed by atoms with Gasteiger partial charge in [-0.2, -0.15) is 0 Å². The predicted octanol–water partition coefficient (Wildman–Crippen LogP) is 2.40. The van der Waals surface area contributed by atoms with Crippen LogP contribution in [0, 0.1) is 23.2 Å². The molecule has 0 saturated heterocycles. The molecule has 0 heterocycles. The van der Waals surface area contributed by atoms with Crippen molar-refractivity contribution in [2.45, 2.75) is 52.4 Å². The van der Waals surface area contributed by atoms with Gasteiger partial charge in [-0.25, -0.2) is 0 Å². The van der Waals surface area contributed by atoms with Crippen LogP contribution >= 0.6 is 0 Å². The first kappa shape index (κ1) is 16.3. The number of nitrogens with one attached hydrogen (secondary N) is 2. The Labute approximate surface area is 124 Å². The number of aliphatic hydroxyl groups excluding tert-OH is 1. The summed E-state index contributed by atoms with van der Waals surface area (Å²) in [7, 11) is 0. The lowest BCUT2D eigenvalue weighted by molar-refractivity contribution is -0.103. The number of aliphatic hydroxyl groups is 1. The van der Waals surface area contributed by atoms with Crippen molar-refractivity contribution in [2.24, 2.45) is 23.2 Å². The largest absolute Gasteiger partial charge is 0.396 e. The molecule has 3 rings (SSSR count). The molecule has 0 aromatic rings. The number of hydrogen-bond acceptors (Lipinski definition) is 3. The average Bonchev–Trinajstić information content (AvgIpc) is 2.45. The van der Waals surface area contributed by atoms with Crippen molar-refractivity contribution < 1.29 is 5.11 Å². The Hall–Kier alpha value is -0.120. The Balaban J connectivity index is 1.46. The first-order chi connectivity index (χ1) is 9.66. The lowest BCUT2D eigenvalue weighted by atomic mass is 9.45. The monoisotopic (exact) mass is 282 g/mol. The molecule has 0 aromatic heterocycles. The molecule has 0 aliphatic heterocycles. The molecule has 3 atom stereocenters. The third-order valence-electron chi connectivity index (χ3n) is 5.90. The SMILES string of the molecule is CC1(C)[C@H]2CC[C@@H](CNCCNCCCCCO)[C@@H]1C2. The first-order valence-electron chi connectivity index (χ1n) is 8.68. The summed E-state index contributed by atoms with van der Waals surface area (Å²) >= 11 is 0.